The van der Waals surface area contributed by atoms with Crippen molar-refractivity contribution in [1.29, 1.82) is 0 Å². The third kappa shape index (κ3) is 3.70. The van der Waals surface area contributed by atoms with Crippen LogP contribution in [0.4, 0.5) is 5.88 Å². The second-order valence-electron chi connectivity index (χ2n) is 5.27. The maximum atomic E-state index is 11.7. The summed E-state index contributed by atoms with van der Waals surface area (Å²) in [5.74, 6) is 0.660. The van der Waals surface area contributed by atoms with Crippen LogP contribution in [0.25, 0.3) is 11.3 Å². The molecule has 106 valence electrons. The fraction of sp³-hybridized carbons (Fsp3) is 0.375. The summed E-state index contributed by atoms with van der Waals surface area (Å²) in [5, 5.41) is 6.70. The summed E-state index contributed by atoms with van der Waals surface area (Å²) < 4.78 is 5.15. The average Bonchev–Trinajstić information content (AvgIpc) is 2.86. The molecule has 0 radical (unpaired) electrons. The van der Waals surface area contributed by atoms with E-state index in [4.69, 9.17) is 4.52 Å². The molecular weight excluding hydrogens is 252 g/mol. The molecule has 0 aliphatic rings. The number of hydrogen-bond acceptors (Lipinski definition) is 3. The van der Waals surface area contributed by atoms with Crippen LogP contribution >= 0.6 is 0 Å². The van der Waals surface area contributed by atoms with Crippen molar-refractivity contribution in [2.45, 2.75) is 33.6 Å². The lowest BCUT2D eigenvalue weighted by Crippen LogP contribution is -2.13. The number of carbonyl (C=O) groups excluding carboxylic acids is 1. The van der Waals surface area contributed by atoms with Crippen molar-refractivity contribution in [3.63, 3.8) is 0 Å². The molecule has 0 unspecified atom stereocenters. The Morgan fingerprint density at radius 2 is 2.00 bits per heavy atom. The maximum absolute atomic E-state index is 11.7. The summed E-state index contributed by atoms with van der Waals surface area (Å²) in [6.07, 6.45) is 1.48. The van der Waals surface area contributed by atoms with Crippen molar-refractivity contribution < 1.29 is 9.32 Å². The molecule has 4 heteroatoms. The third-order valence-electron chi connectivity index (χ3n) is 3.02. The van der Waals surface area contributed by atoms with E-state index in [-0.39, 0.29) is 5.91 Å². The van der Waals surface area contributed by atoms with Crippen LogP contribution in [-0.4, -0.2) is 11.1 Å². The van der Waals surface area contributed by atoms with Gasteiger partial charge in [0.15, 0.2) is 0 Å². The minimum absolute atomic E-state index is 0.0518. The zero-order chi connectivity index (χ0) is 14.5. The Hall–Kier alpha value is -2.10. The first-order valence-corrected chi connectivity index (χ1v) is 6.94. The van der Waals surface area contributed by atoms with Gasteiger partial charge in [-0.05, 0) is 17.9 Å². The van der Waals surface area contributed by atoms with Crippen LogP contribution in [0, 0.1) is 5.92 Å². The van der Waals surface area contributed by atoms with Crippen LogP contribution in [0.15, 0.2) is 34.9 Å². The number of aromatic nitrogens is 1. The van der Waals surface area contributed by atoms with E-state index in [9.17, 15) is 4.79 Å². The van der Waals surface area contributed by atoms with E-state index >= 15 is 0 Å². The van der Waals surface area contributed by atoms with Gasteiger partial charge >= 0.3 is 0 Å². The highest BCUT2D eigenvalue weighted by Crippen LogP contribution is 2.22. The molecule has 2 aromatic rings. The summed E-state index contributed by atoms with van der Waals surface area (Å²) in [6, 6.07) is 9.91. The largest absolute Gasteiger partial charge is 0.338 e. The SMILES string of the molecule is CCc1ccc(-c2cc(NC(=O)CC(C)C)on2)cc1. The lowest BCUT2D eigenvalue weighted by molar-refractivity contribution is -0.117. The average molecular weight is 272 g/mol. The molecule has 20 heavy (non-hydrogen) atoms. The highest BCUT2D eigenvalue weighted by Gasteiger charge is 2.10. The number of hydrogen-bond donors (Lipinski definition) is 1. The standard InChI is InChI=1S/C16H20N2O2/c1-4-12-5-7-13(8-6-12)14-10-16(20-18-14)17-15(19)9-11(2)3/h5-8,10-11H,4,9H2,1-3H3,(H,17,19). The van der Waals surface area contributed by atoms with E-state index < -0.39 is 0 Å². The van der Waals surface area contributed by atoms with E-state index in [0.717, 1.165) is 17.7 Å². The number of aryl methyl sites for hydroxylation is 1. The quantitative estimate of drug-likeness (QED) is 0.898. The van der Waals surface area contributed by atoms with Gasteiger partial charge in [-0.2, -0.15) is 0 Å². The van der Waals surface area contributed by atoms with Crippen LogP contribution < -0.4 is 5.32 Å². The maximum Gasteiger partial charge on any atom is 0.231 e. The number of nitrogens with zero attached hydrogens (tertiary/aromatic N) is 1. The first-order valence-electron chi connectivity index (χ1n) is 6.94. The summed E-state index contributed by atoms with van der Waals surface area (Å²) in [6.45, 7) is 6.12. The number of carbonyl (C=O) groups is 1. The number of nitrogens with one attached hydrogen (secondary N) is 1. The molecule has 0 fully saturated rings. The number of benzene rings is 1. The van der Waals surface area contributed by atoms with Gasteiger partial charge in [0.1, 0.15) is 5.69 Å². The molecule has 4 nitrogen and oxygen atoms in total. The second-order valence-corrected chi connectivity index (χ2v) is 5.27. The number of amides is 1. The molecule has 0 spiro atoms. The topological polar surface area (TPSA) is 55.1 Å². The normalized spacial score (nSPS) is 10.8. The molecule has 1 aromatic heterocycles. The highest BCUT2D eigenvalue weighted by atomic mass is 16.5. The molecule has 2 rings (SSSR count). The summed E-state index contributed by atoms with van der Waals surface area (Å²) in [7, 11) is 0. The van der Waals surface area contributed by atoms with Crippen LogP contribution in [0.1, 0.15) is 32.8 Å². The van der Waals surface area contributed by atoms with Gasteiger partial charge in [-0.25, -0.2) is 0 Å². The summed E-state index contributed by atoms with van der Waals surface area (Å²) in [4.78, 5) is 11.7. The van der Waals surface area contributed by atoms with E-state index in [1.165, 1.54) is 5.56 Å². The van der Waals surface area contributed by atoms with Gasteiger partial charge < -0.3 is 4.52 Å². The molecule has 0 aliphatic heterocycles. The zero-order valence-electron chi connectivity index (χ0n) is 12.1. The van der Waals surface area contributed by atoms with Crippen LogP contribution in [0.2, 0.25) is 0 Å². The van der Waals surface area contributed by atoms with Gasteiger partial charge in [-0.1, -0.05) is 50.2 Å². The van der Waals surface area contributed by atoms with Gasteiger partial charge in [-0.3, -0.25) is 10.1 Å². The Morgan fingerprint density at radius 3 is 2.60 bits per heavy atom. The minimum atomic E-state index is -0.0518. The van der Waals surface area contributed by atoms with Crippen molar-refractivity contribution in [2.75, 3.05) is 5.32 Å². The van der Waals surface area contributed by atoms with E-state index in [1.54, 1.807) is 6.07 Å². The molecule has 0 saturated carbocycles. The van der Waals surface area contributed by atoms with Gasteiger partial charge in [0.25, 0.3) is 0 Å². The summed E-state index contributed by atoms with van der Waals surface area (Å²) >= 11 is 0. The first-order chi connectivity index (χ1) is 9.58. The zero-order valence-corrected chi connectivity index (χ0v) is 12.1. The molecule has 0 saturated heterocycles. The van der Waals surface area contributed by atoms with Gasteiger partial charge in [-0.15, -0.1) is 0 Å². The molecule has 1 amide bonds. The summed E-state index contributed by atoms with van der Waals surface area (Å²) in [5.41, 5.74) is 2.99. The van der Waals surface area contributed by atoms with Crippen molar-refractivity contribution in [3.05, 3.63) is 35.9 Å². The van der Waals surface area contributed by atoms with Crippen molar-refractivity contribution in [1.82, 2.24) is 5.16 Å². The molecule has 0 aliphatic carbocycles. The molecule has 1 heterocycles. The Balaban J connectivity index is 2.06. The Morgan fingerprint density at radius 1 is 1.30 bits per heavy atom. The number of rotatable bonds is 5. The van der Waals surface area contributed by atoms with E-state index in [2.05, 4.69) is 29.5 Å². The molecule has 0 atom stereocenters. The lowest BCUT2D eigenvalue weighted by Gasteiger charge is -2.02. The Bertz CT molecular complexity index is 570. The predicted octanol–water partition coefficient (Wildman–Crippen LogP) is 3.89. The van der Waals surface area contributed by atoms with Crippen LogP contribution in [-0.2, 0) is 11.2 Å². The fourth-order valence-corrected chi connectivity index (χ4v) is 1.94. The second kappa shape index (κ2) is 6.37. The molecule has 1 aromatic carbocycles. The van der Waals surface area contributed by atoms with Crippen molar-refractivity contribution in [3.8, 4) is 11.3 Å². The molecular formula is C16H20N2O2. The predicted molar refractivity (Wildman–Crippen MR) is 79.4 cm³/mol. The van der Waals surface area contributed by atoms with Crippen LogP contribution in [0.5, 0.6) is 0 Å². The molecule has 1 N–H and O–H groups in total. The Labute approximate surface area is 119 Å². The van der Waals surface area contributed by atoms with Crippen LogP contribution in [0.3, 0.4) is 0 Å². The van der Waals surface area contributed by atoms with E-state index in [1.807, 2.05) is 26.0 Å². The lowest BCUT2D eigenvalue weighted by atomic mass is 10.1. The monoisotopic (exact) mass is 272 g/mol. The van der Waals surface area contributed by atoms with Gasteiger partial charge in [0.2, 0.25) is 11.8 Å². The highest BCUT2D eigenvalue weighted by molar-refractivity contribution is 5.89. The van der Waals surface area contributed by atoms with Gasteiger partial charge in [0.05, 0.1) is 0 Å². The Kier molecular flexibility index (Phi) is 4.56. The fourth-order valence-electron chi connectivity index (χ4n) is 1.94. The van der Waals surface area contributed by atoms with E-state index in [0.29, 0.717) is 18.2 Å². The minimum Gasteiger partial charge on any atom is -0.338 e. The molecule has 0 bridgehead atoms. The van der Waals surface area contributed by atoms with Crippen molar-refractivity contribution >= 4 is 11.8 Å². The third-order valence-corrected chi connectivity index (χ3v) is 3.02. The smallest absolute Gasteiger partial charge is 0.231 e. The number of anilines is 1. The van der Waals surface area contributed by atoms with Crippen molar-refractivity contribution in [2.24, 2.45) is 5.92 Å². The van der Waals surface area contributed by atoms with Gasteiger partial charge in [0, 0.05) is 18.1 Å². The first kappa shape index (κ1) is 14.3.